The zero-order valence-corrected chi connectivity index (χ0v) is 11.0. The number of aryl methyl sites for hydroxylation is 1. The normalized spacial score (nSPS) is 10.3. The molecule has 0 spiro atoms. The minimum Gasteiger partial charge on any atom is -0.298 e. The summed E-state index contributed by atoms with van der Waals surface area (Å²) in [5.74, 6) is -0.314. The van der Waals surface area contributed by atoms with Crippen molar-refractivity contribution in [3.63, 3.8) is 0 Å². The monoisotopic (exact) mass is 287 g/mol. The smallest absolute Gasteiger partial charge is 0.259 e. The largest absolute Gasteiger partial charge is 0.298 e. The predicted molar refractivity (Wildman–Crippen MR) is 69.1 cm³/mol. The van der Waals surface area contributed by atoms with Crippen LogP contribution in [0.15, 0.2) is 17.6 Å². The third-order valence-electron chi connectivity index (χ3n) is 1.90. The first-order valence-corrected chi connectivity index (χ1v) is 6.24. The number of hydrogen-bond donors (Lipinski definition) is 1. The number of thiazole rings is 1. The predicted octanol–water partition coefficient (Wildman–Crippen LogP) is 3.41. The Kier molecular flexibility index (Phi) is 3.61. The lowest BCUT2D eigenvalue weighted by Crippen LogP contribution is -2.12. The van der Waals surface area contributed by atoms with Crippen LogP contribution in [0, 0.1) is 6.92 Å². The SMILES string of the molecule is Cc1csc(NC(=O)c2cnc(Cl)c(Cl)c2)n1. The van der Waals surface area contributed by atoms with Crippen molar-refractivity contribution in [2.75, 3.05) is 5.32 Å². The molecular weight excluding hydrogens is 281 g/mol. The number of halogens is 2. The molecule has 4 nitrogen and oxygen atoms in total. The average Bonchev–Trinajstić information content (AvgIpc) is 2.68. The number of amides is 1. The van der Waals surface area contributed by atoms with E-state index < -0.39 is 0 Å². The van der Waals surface area contributed by atoms with Crippen molar-refractivity contribution in [2.24, 2.45) is 0 Å². The molecule has 0 bridgehead atoms. The van der Waals surface area contributed by atoms with Crippen molar-refractivity contribution < 1.29 is 4.79 Å². The maximum atomic E-state index is 11.8. The van der Waals surface area contributed by atoms with Crippen LogP contribution in [0.3, 0.4) is 0 Å². The Morgan fingerprint density at radius 2 is 2.24 bits per heavy atom. The number of anilines is 1. The minimum atomic E-state index is -0.314. The standard InChI is InChI=1S/C10H7Cl2N3OS/c1-5-4-17-10(14-5)15-9(16)6-2-7(11)8(12)13-3-6/h2-4H,1H3,(H,14,15,16). The summed E-state index contributed by atoms with van der Waals surface area (Å²) >= 11 is 12.8. The molecule has 1 amide bonds. The van der Waals surface area contributed by atoms with Gasteiger partial charge >= 0.3 is 0 Å². The zero-order valence-electron chi connectivity index (χ0n) is 8.70. The van der Waals surface area contributed by atoms with Crippen molar-refractivity contribution in [2.45, 2.75) is 6.92 Å². The van der Waals surface area contributed by atoms with Gasteiger partial charge in [-0.2, -0.15) is 0 Å². The quantitative estimate of drug-likeness (QED) is 0.862. The second-order valence-corrected chi connectivity index (χ2v) is 4.87. The fourth-order valence-corrected chi connectivity index (χ4v) is 2.08. The Balaban J connectivity index is 2.17. The number of hydrogen-bond acceptors (Lipinski definition) is 4. The van der Waals surface area contributed by atoms with Crippen LogP contribution in [-0.4, -0.2) is 15.9 Å². The minimum absolute atomic E-state index is 0.174. The molecule has 2 rings (SSSR count). The molecule has 0 saturated carbocycles. The molecule has 0 aromatic carbocycles. The average molecular weight is 288 g/mol. The number of aromatic nitrogens is 2. The highest BCUT2D eigenvalue weighted by atomic mass is 35.5. The summed E-state index contributed by atoms with van der Waals surface area (Å²) in [5.41, 5.74) is 1.20. The van der Waals surface area contributed by atoms with Gasteiger partial charge < -0.3 is 0 Å². The van der Waals surface area contributed by atoms with Gasteiger partial charge in [-0.1, -0.05) is 23.2 Å². The van der Waals surface area contributed by atoms with Gasteiger partial charge in [0.25, 0.3) is 5.91 Å². The Hall–Kier alpha value is -1.17. The second-order valence-electron chi connectivity index (χ2n) is 3.24. The number of pyridine rings is 1. The van der Waals surface area contributed by atoms with Crippen molar-refractivity contribution in [1.29, 1.82) is 0 Å². The third kappa shape index (κ3) is 2.94. The topological polar surface area (TPSA) is 54.9 Å². The molecule has 0 aliphatic heterocycles. The third-order valence-corrected chi connectivity index (χ3v) is 3.46. The zero-order chi connectivity index (χ0) is 12.4. The summed E-state index contributed by atoms with van der Waals surface area (Å²) in [6, 6.07) is 1.46. The molecule has 0 saturated heterocycles. The molecule has 0 atom stereocenters. The molecule has 2 aromatic rings. The lowest BCUT2D eigenvalue weighted by Gasteiger charge is -2.02. The number of nitrogens with one attached hydrogen (secondary N) is 1. The first-order valence-electron chi connectivity index (χ1n) is 4.61. The Morgan fingerprint density at radius 3 is 2.82 bits per heavy atom. The highest BCUT2D eigenvalue weighted by Crippen LogP contribution is 2.21. The number of rotatable bonds is 2. The van der Waals surface area contributed by atoms with Crippen LogP contribution in [0.25, 0.3) is 0 Å². The van der Waals surface area contributed by atoms with Crippen molar-refractivity contribution in [1.82, 2.24) is 9.97 Å². The van der Waals surface area contributed by atoms with E-state index >= 15 is 0 Å². The van der Waals surface area contributed by atoms with Gasteiger partial charge in [-0.05, 0) is 13.0 Å². The molecular formula is C10H7Cl2N3OS. The molecule has 0 aliphatic carbocycles. The van der Waals surface area contributed by atoms with Gasteiger partial charge in [0.15, 0.2) is 5.13 Å². The summed E-state index contributed by atoms with van der Waals surface area (Å²) < 4.78 is 0. The molecule has 7 heteroatoms. The fraction of sp³-hybridized carbons (Fsp3) is 0.100. The van der Waals surface area contributed by atoms with E-state index in [1.807, 2.05) is 12.3 Å². The highest BCUT2D eigenvalue weighted by molar-refractivity contribution is 7.13. The van der Waals surface area contributed by atoms with E-state index in [1.165, 1.54) is 23.6 Å². The summed E-state index contributed by atoms with van der Waals surface area (Å²) in [4.78, 5) is 19.7. The molecule has 0 unspecified atom stereocenters. The highest BCUT2D eigenvalue weighted by Gasteiger charge is 2.10. The van der Waals surface area contributed by atoms with Crippen LogP contribution < -0.4 is 5.32 Å². The van der Waals surface area contributed by atoms with Crippen LogP contribution in [0.5, 0.6) is 0 Å². The molecule has 0 radical (unpaired) electrons. The molecule has 0 fully saturated rings. The Labute approximate surface area is 112 Å². The van der Waals surface area contributed by atoms with E-state index in [1.54, 1.807) is 0 Å². The van der Waals surface area contributed by atoms with Gasteiger partial charge in [-0.25, -0.2) is 9.97 Å². The molecule has 88 valence electrons. The molecule has 2 heterocycles. The van der Waals surface area contributed by atoms with E-state index in [-0.39, 0.29) is 16.1 Å². The first-order chi connectivity index (χ1) is 8.06. The molecule has 1 N–H and O–H groups in total. The van der Waals surface area contributed by atoms with E-state index in [9.17, 15) is 4.79 Å². The molecule has 0 aliphatic rings. The maximum Gasteiger partial charge on any atom is 0.259 e. The fourth-order valence-electron chi connectivity index (χ4n) is 1.13. The van der Waals surface area contributed by atoms with E-state index in [0.717, 1.165) is 5.69 Å². The van der Waals surface area contributed by atoms with Gasteiger partial charge in [0, 0.05) is 11.6 Å². The van der Waals surface area contributed by atoms with Crippen molar-refractivity contribution >= 4 is 45.6 Å². The summed E-state index contributed by atoms with van der Waals surface area (Å²) in [6.07, 6.45) is 1.37. The van der Waals surface area contributed by atoms with Crippen molar-refractivity contribution in [3.8, 4) is 0 Å². The molecule has 2 aromatic heterocycles. The lowest BCUT2D eigenvalue weighted by molar-refractivity contribution is 0.102. The van der Waals surface area contributed by atoms with Crippen LogP contribution in [-0.2, 0) is 0 Å². The van der Waals surface area contributed by atoms with Crippen LogP contribution >= 0.6 is 34.5 Å². The van der Waals surface area contributed by atoms with Crippen LogP contribution in [0.4, 0.5) is 5.13 Å². The van der Waals surface area contributed by atoms with Crippen LogP contribution in [0.2, 0.25) is 10.2 Å². The summed E-state index contributed by atoms with van der Waals surface area (Å²) in [6.45, 7) is 1.85. The molecule has 17 heavy (non-hydrogen) atoms. The summed E-state index contributed by atoms with van der Waals surface area (Å²) in [7, 11) is 0. The van der Waals surface area contributed by atoms with E-state index in [0.29, 0.717) is 10.7 Å². The van der Waals surface area contributed by atoms with Gasteiger partial charge in [0.1, 0.15) is 5.15 Å². The lowest BCUT2D eigenvalue weighted by atomic mass is 10.3. The number of carbonyl (C=O) groups excluding carboxylic acids is 1. The Morgan fingerprint density at radius 1 is 1.47 bits per heavy atom. The van der Waals surface area contributed by atoms with Gasteiger partial charge in [0.2, 0.25) is 0 Å². The number of nitrogens with zero attached hydrogens (tertiary/aromatic N) is 2. The van der Waals surface area contributed by atoms with Crippen LogP contribution in [0.1, 0.15) is 16.1 Å². The second kappa shape index (κ2) is 5.00. The number of carbonyl (C=O) groups is 1. The van der Waals surface area contributed by atoms with Crippen molar-refractivity contribution in [3.05, 3.63) is 39.1 Å². The Bertz CT molecular complexity index is 570. The summed E-state index contributed by atoms with van der Waals surface area (Å²) in [5, 5.41) is 5.46. The van der Waals surface area contributed by atoms with E-state index in [4.69, 9.17) is 23.2 Å². The van der Waals surface area contributed by atoms with E-state index in [2.05, 4.69) is 15.3 Å². The van der Waals surface area contributed by atoms with Gasteiger partial charge in [-0.15, -0.1) is 11.3 Å². The first kappa shape index (κ1) is 12.3. The van der Waals surface area contributed by atoms with Gasteiger partial charge in [-0.3, -0.25) is 10.1 Å². The maximum absolute atomic E-state index is 11.8. The van der Waals surface area contributed by atoms with Gasteiger partial charge in [0.05, 0.1) is 16.3 Å².